The standard InChI is InChI=1S/C10H13Cl2NO2.ClH/c11-9-2-1-8(7-10(9)12)15-6-4-13-3-5-14;/h1-2,7,13-14H,3-6H2;1H/p-1. The van der Waals surface area contributed by atoms with Crippen molar-refractivity contribution in [1.29, 1.82) is 0 Å². The molecule has 1 aromatic carbocycles. The van der Waals surface area contributed by atoms with Crippen LogP contribution in [0.15, 0.2) is 18.2 Å². The van der Waals surface area contributed by atoms with Crippen LogP contribution in [0, 0.1) is 0 Å². The lowest BCUT2D eigenvalue weighted by molar-refractivity contribution is -0.00000446. The van der Waals surface area contributed by atoms with E-state index >= 15 is 0 Å². The molecule has 1 aromatic rings. The molecule has 92 valence electrons. The van der Waals surface area contributed by atoms with Gasteiger partial charge in [0, 0.05) is 19.2 Å². The molecule has 0 bridgehead atoms. The van der Waals surface area contributed by atoms with Crippen LogP contribution in [0.25, 0.3) is 0 Å². The van der Waals surface area contributed by atoms with Gasteiger partial charge in [-0.3, -0.25) is 0 Å². The molecule has 2 N–H and O–H groups in total. The maximum Gasteiger partial charge on any atom is 0.120 e. The van der Waals surface area contributed by atoms with Crippen molar-refractivity contribution < 1.29 is 22.3 Å². The zero-order valence-corrected chi connectivity index (χ0v) is 10.8. The van der Waals surface area contributed by atoms with Gasteiger partial charge in [0.2, 0.25) is 0 Å². The first kappa shape index (κ1) is 15.8. The highest BCUT2D eigenvalue weighted by Crippen LogP contribution is 2.26. The normalized spacial score (nSPS) is 9.69. The van der Waals surface area contributed by atoms with Crippen LogP contribution in [0.4, 0.5) is 0 Å². The summed E-state index contributed by atoms with van der Waals surface area (Å²) in [6.45, 7) is 1.91. The molecule has 16 heavy (non-hydrogen) atoms. The quantitative estimate of drug-likeness (QED) is 0.656. The van der Waals surface area contributed by atoms with Crippen molar-refractivity contribution in [3.63, 3.8) is 0 Å². The highest BCUT2D eigenvalue weighted by Gasteiger charge is 1.99. The number of ether oxygens (including phenoxy) is 1. The van der Waals surface area contributed by atoms with E-state index < -0.39 is 0 Å². The molecule has 0 spiro atoms. The predicted octanol–water partition coefficient (Wildman–Crippen LogP) is -1.04. The Morgan fingerprint density at radius 3 is 2.56 bits per heavy atom. The summed E-state index contributed by atoms with van der Waals surface area (Å²) >= 11 is 11.6. The second-order valence-electron chi connectivity index (χ2n) is 2.90. The summed E-state index contributed by atoms with van der Waals surface area (Å²) in [4.78, 5) is 0. The Kier molecular flexibility index (Phi) is 8.80. The van der Waals surface area contributed by atoms with Crippen molar-refractivity contribution in [3.8, 4) is 5.75 Å². The lowest BCUT2D eigenvalue weighted by Gasteiger charge is -2.07. The Morgan fingerprint density at radius 1 is 1.19 bits per heavy atom. The van der Waals surface area contributed by atoms with Crippen LogP contribution in [0.2, 0.25) is 10.0 Å². The first-order chi connectivity index (χ1) is 7.24. The second-order valence-corrected chi connectivity index (χ2v) is 3.71. The summed E-state index contributed by atoms with van der Waals surface area (Å²) in [6.07, 6.45) is 0. The molecule has 0 saturated heterocycles. The van der Waals surface area contributed by atoms with Gasteiger partial charge in [-0.2, -0.15) is 0 Å². The van der Waals surface area contributed by atoms with E-state index in [4.69, 9.17) is 33.0 Å². The van der Waals surface area contributed by atoms with E-state index in [2.05, 4.69) is 5.32 Å². The van der Waals surface area contributed by atoms with E-state index in [9.17, 15) is 0 Å². The van der Waals surface area contributed by atoms with Gasteiger partial charge in [0.15, 0.2) is 0 Å². The van der Waals surface area contributed by atoms with Crippen molar-refractivity contribution in [3.05, 3.63) is 28.2 Å². The van der Waals surface area contributed by atoms with E-state index in [0.29, 0.717) is 35.5 Å². The summed E-state index contributed by atoms with van der Waals surface area (Å²) in [5.41, 5.74) is 0. The Morgan fingerprint density at radius 2 is 1.94 bits per heavy atom. The van der Waals surface area contributed by atoms with Crippen molar-refractivity contribution in [2.75, 3.05) is 26.3 Å². The fourth-order valence-electron chi connectivity index (χ4n) is 1.01. The fraction of sp³-hybridized carbons (Fsp3) is 0.400. The summed E-state index contributed by atoms with van der Waals surface area (Å²) < 4.78 is 5.40. The predicted molar refractivity (Wildman–Crippen MR) is 61.9 cm³/mol. The molecule has 0 fully saturated rings. The summed E-state index contributed by atoms with van der Waals surface area (Å²) in [7, 11) is 0. The van der Waals surface area contributed by atoms with Gasteiger partial charge in [-0.25, -0.2) is 0 Å². The Balaban J connectivity index is 0.00000225. The molecule has 1 rings (SSSR count). The number of rotatable bonds is 6. The molecule has 0 radical (unpaired) electrons. The van der Waals surface area contributed by atoms with E-state index in [1.54, 1.807) is 18.2 Å². The average molecular weight is 286 g/mol. The molecule has 0 aliphatic rings. The molecular weight excluding hydrogens is 272 g/mol. The summed E-state index contributed by atoms with van der Waals surface area (Å²) in [5.74, 6) is 0.690. The molecule has 6 heteroatoms. The van der Waals surface area contributed by atoms with Crippen LogP contribution in [0.5, 0.6) is 5.75 Å². The third kappa shape index (κ3) is 5.77. The topological polar surface area (TPSA) is 41.5 Å². The molecule has 3 nitrogen and oxygen atoms in total. The lowest BCUT2D eigenvalue weighted by Crippen LogP contribution is -3.00. The maximum atomic E-state index is 8.51. The molecule has 0 unspecified atom stereocenters. The van der Waals surface area contributed by atoms with Crippen LogP contribution in [0.1, 0.15) is 0 Å². The molecule has 0 aromatic heterocycles. The number of hydrogen-bond acceptors (Lipinski definition) is 3. The molecule has 0 aliphatic heterocycles. The van der Waals surface area contributed by atoms with Crippen molar-refractivity contribution in [2.24, 2.45) is 0 Å². The van der Waals surface area contributed by atoms with E-state index in [1.165, 1.54) is 0 Å². The van der Waals surface area contributed by atoms with Crippen LogP contribution < -0.4 is 22.5 Å². The van der Waals surface area contributed by atoms with Crippen molar-refractivity contribution in [1.82, 2.24) is 5.32 Å². The third-order valence-electron chi connectivity index (χ3n) is 1.73. The SMILES string of the molecule is OCCNCCOc1ccc(Cl)c(Cl)c1.[Cl-]. The smallest absolute Gasteiger partial charge is 0.120 e. The Hall–Kier alpha value is -0.190. The highest BCUT2D eigenvalue weighted by molar-refractivity contribution is 6.42. The number of nitrogens with one attached hydrogen (secondary N) is 1. The van der Waals surface area contributed by atoms with Crippen molar-refractivity contribution >= 4 is 23.2 Å². The fourth-order valence-corrected chi connectivity index (χ4v) is 1.30. The van der Waals surface area contributed by atoms with Gasteiger partial charge in [0.05, 0.1) is 16.7 Å². The zero-order chi connectivity index (χ0) is 11.1. The highest BCUT2D eigenvalue weighted by atomic mass is 35.5. The first-order valence-electron chi connectivity index (χ1n) is 4.63. The molecule has 0 atom stereocenters. The van der Waals surface area contributed by atoms with Gasteiger partial charge >= 0.3 is 0 Å². The number of aliphatic hydroxyl groups excluding tert-OH is 1. The van der Waals surface area contributed by atoms with Gasteiger partial charge in [0.25, 0.3) is 0 Å². The minimum Gasteiger partial charge on any atom is -1.00 e. The number of halogens is 3. The maximum absolute atomic E-state index is 8.51. The van der Waals surface area contributed by atoms with Gasteiger partial charge in [-0.15, -0.1) is 0 Å². The van der Waals surface area contributed by atoms with E-state index in [1.807, 2.05) is 0 Å². The first-order valence-corrected chi connectivity index (χ1v) is 5.39. The van der Waals surface area contributed by atoms with Crippen LogP contribution in [0.3, 0.4) is 0 Å². The zero-order valence-electron chi connectivity index (χ0n) is 8.55. The number of benzene rings is 1. The van der Waals surface area contributed by atoms with Gasteiger partial charge < -0.3 is 27.6 Å². The molecule has 0 aliphatic carbocycles. The van der Waals surface area contributed by atoms with E-state index in [0.717, 1.165) is 0 Å². The van der Waals surface area contributed by atoms with Crippen LogP contribution in [-0.2, 0) is 0 Å². The third-order valence-corrected chi connectivity index (χ3v) is 2.47. The summed E-state index contributed by atoms with van der Waals surface area (Å²) in [5, 5.41) is 12.5. The van der Waals surface area contributed by atoms with E-state index in [-0.39, 0.29) is 19.0 Å². The average Bonchev–Trinajstić information content (AvgIpc) is 2.23. The second kappa shape index (κ2) is 8.90. The Bertz CT molecular complexity index is 310. The van der Waals surface area contributed by atoms with Gasteiger partial charge in [-0.1, -0.05) is 23.2 Å². The molecule has 0 amide bonds. The van der Waals surface area contributed by atoms with Gasteiger partial charge in [0.1, 0.15) is 12.4 Å². The Labute approximate surface area is 111 Å². The van der Waals surface area contributed by atoms with Crippen LogP contribution >= 0.6 is 23.2 Å². The van der Waals surface area contributed by atoms with Gasteiger partial charge in [-0.05, 0) is 12.1 Å². The lowest BCUT2D eigenvalue weighted by atomic mass is 10.3. The molecule has 0 heterocycles. The monoisotopic (exact) mass is 284 g/mol. The van der Waals surface area contributed by atoms with Crippen LogP contribution in [-0.4, -0.2) is 31.4 Å². The minimum atomic E-state index is 0. The minimum absolute atomic E-state index is 0. The molecular formula is C10H13Cl3NO2-. The largest absolute Gasteiger partial charge is 1.00 e. The molecule has 0 saturated carbocycles. The summed E-state index contributed by atoms with van der Waals surface area (Å²) in [6, 6.07) is 5.14. The number of aliphatic hydroxyl groups is 1. The van der Waals surface area contributed by atoms with Crippen molar-refractivity contribution in [2.45, 2.75) is 0 Å². The number of hydrogen-bond donors (Lipinski definition) is 2.